The molecule has 0 aromatic heterocycles. The minimum Gasteiger partial charge on any atom is -0.347 e. The highest BCUT2D eigenvalue weighted by atomic mass is 35.5. The smallest absolute Gasteiger partial charge is 0.239 e. The van der Waals surface area contributed by atoms with Crippen molar-refractivity contribution < 1.29 is 4.79 Å². The van der Waals surface area contributed by atoms with Gasteiger partial charge in [-0.25, -0.2) is 0 Å². The van der Waals surface area contributed by atoms with Gasteiger partial charge in [0.15, 0.2) is 0 Å². The molecule has 19 heavy (non-hydrogen) atoms. The molecule has 1 amide bonds. The number of hydrogen-bond acceptors (Lipinski definition) is 2. The molecule has 1 fully saturated rings. The van der Waals surface area contributed by atoms with Crippen LogP contribution in [0.1, 0.15) is 18.4 Å². The van der Waals surface area contributed by atoms with E-state index in [0.717, 1.165) is 24.9 Å². The largest absolute Gasteiger partial charge is 0.347 e. The summed E-state index contributed by atoms with van der Waals surface area (Å²) in [7, 11) is 3.60. The molecular weight excluding hydrogens is 283 g/mol. The zero-order valence-electron chi connectivity index (χ0n) is 11.2. The van der Waals surface area contributed by atoms with Crippen molar-refractivity contribution >= 4 is 29.1 Å². The molecule has 1 heterocycles. The van der Waals surface area contributed by atoms with E-state index in [1.54, 1.807) is 25.1 Å². The molecule has 0 bridgehead atoms. The number of carbonyl (C=O) groups excluding carboxylic acids is 1. The van der Waals surface area contributed by atoms with E-state index in [9.17, 15) is 4.79 Å². The molecule has 5 heteroatoms. The van der Waals surface area contributed by atoms with Crippen LogP contribution in [0.4, 0.5) is 0 Å². The molecule has 0 spiro atoms. The standard InChI is InChI=1S/C14H18Cl2N2O/c1-17(2)14(19)13-4-3-7-18(13)9-10-5-6-11(15)8-12(10)16/h5-6,8,13H,3-4,7,9H2,1-2H3/t13-/m0/s1. The van der Waals surface area contributed by atoms with E-state index in [2.05, 4.69) is 4.90 Å². The van der Waals surface area contributed by atoms with Crippen molar-refractivity contribution in [1.29, 1.82) is 0 Å². The molecule has 1 atom stereocenters. The van der Waals surface area contributed by atoms with Crippen LogP contribution >= 0.6 is 23.2 Å². The Labute approximate surface area is 124 Å². The lowest BCUT2D eigenvalue weighted by Gasteiger charge is -2.26. The molecule has 0 aliphatic carbocycles. The number of likely N-dealkylation sites (tertiary alicyclic amines) is 1. The summed E-state index contributed by atoms with van der Waals surface area (Å²) < 4.78 is 0. The average molecular weight is 301 g/mol. The van der Waals surface area contributed by atoms with E-state index in [1.807, 2.05) is 12.1 Å². The molecule has 104 valence electrons. The lowest BCUT2D eigenvalue weighted by Crippen LogP contribution is -2.42. The van der Waals surface area contributed by atoms with Crippen LogP contribution in [0.25, 0.3) is 0 Å². The Balaban J connectivity index is 2.11. The number of hydrogen-bond donors (Lipinski definition) is 0. The van der Waals surface area contributed by atoms with Crippen molar-refractivity contribution in [3.63, 3.8) is 0 Å². The summed E-state index contributed by atoms with van der Waals surface area (Å²) in [4.78, 5) is 16.0. The summed E-state index contributed by atoms with van der Waals surface area (Å²) in [6, 6.07) is 5.49. The van der Waals surface area contributed by atoms with E-state index < -0.39 is 0 Å². The molecule has 0 radical (unpaired) electrons. The molecule has 0 saturated carbocycles. The summed E-state index contributed by atoms with van der Waals surface area (Å²) in [5.74, 6) is 0.169. The molecule has 1 aromatic carbocycles. The summed E-state index contributed by atoms with van der Waals surface area (Å²) in [5, 5.41) is 1.30. The SMILES string of the molecule is CN(C)C(=O)[C@@H]1CCCN1Cc1ccc(Cl)cc1Cl. The van der Waals surface area contributed by atoms with Gasteiger partial charge in [0.2, 0.25) is 5.91 Å². The highest BCUT2D eigenvalue weighted by molar-refractivity contribution is 6.35. The van der Waals surface area contributed by atoms with Crippen molar-refractivity contribution in [2.75, 3.05) is 20.6 Å². The van der Waals surface area contributed by atoms with Crippen molar-refractivity contribution in [2.45, 2.75) is 25.4 Å². The second kappa shape index (κ2) is 6.12. The van der Waals surface area contributed by atoms with E-state index in [1.165, 1.54) is 0 Å². The van der Waals surface area contributed by atoms with Crippen molar-refractivity contribution in [3.05, 3.63) is 33.8 Å². The van der Waals surface area contributed by atoms with Gasteiger partial charge < -0.3 is 4.90 Å². The topological polar surface area (TPSA) is 23.6 Å². The maximum Gasteiger partial charge on any atom is 0.239 e. The van der Waals surface area contributed by atoms with Crippen LogP contribution in [0.2, 0.25) is 10.0 Å². The quantitative estimate of drug-likeness (QED) is 0.856. The van der Waals surface area contributed by atoms with Gasteiger partial charge in [0.1, 0.15) is 0 Å². The van der Waals surface area contributed by atoms with Crippen LogP contribution in [0, 0.1) is 0 Å². The van der Waals surface area contributed by atoms with Gasteiger partial charge in [-0.05, 0) is 37.1 Å². The first-order valence-electron chi connectivity index (χ1n) is 6.38. The Morgan fingerprint density at radius 3 is 2.79 bits per heavy atom. The van der Waals surface area contributed by atoms with Crippen LogP contribution in [0.3, 0.4) is 0 Å². The summed E-state index contributed by atoms with van der Waals surface area (Å²) in [5.41, 5.74) is 1.02. The van der Waals surface area contributed by atoms with Crippen LogP contribution in [-0.4, -0.2) is 42.4 Å². The number of amides is 1. The number of nitrogens with zero attached hydrogens (tertiary/aromatic N) is 2. The van der Waals surface area contributed by atoms with Gasteiger partial charge in [0.25, 0.3) is 0 Å². The normalized spacial score (nSPS) is 19.7. The highest BCUT2D eigenvalue weighted by Gasteiger charge is 2.31. The number of halogens is 2. The van der Waals surface area contributed by atoms with Gasteiger partial charge in [-0.2, -0.15) is 0 Å². The third kappa shape index (κ3) is 3.41. The maximum absolute atomic E-state index is 12.1. The number of carbonyl (C=O) groups is 1. The fourth-order valence-corrected chi connectivity index (χ4v) is 2.93. The Hall–Kier alpha value is -0.770. The Bertz CT molecular complexity index is 477. The molecule has 0 N–H and O–H groups in total. The molecule has 3 nitrogen and oxygen atoms in total. The number of benzene rings is 1. The third-order valence-electron chi connectivity index (χ3n) is 3.48. The van der Waals surface area contributed by atoms with Crippen LogP contribution in [-0.2, 0) is 11.3 Å². The molecule has 1 aliphatic heterocycles. The van der Waals surface area contributed by atoms with E-state index in [-0.39, 0.29) is 11.9 Å². The van der Waals surface area contributed by atoms with Crippen LogP contribution in [0.5, 0.6) is 0 Å². The van der Waals surface area contributed by atoms with Crippen molar-refractivity contribution in [1.82, 2.24) is 9.80 Å². The predicted molar refractivity (Wildman–Crippen MR) is 78.6 cm³/mol. The van der Waals surface area contributed by atoms with Crippen LogP contribution < -0.4 is 0 Å². The monoisotopic (exact) mass is 300 g/mol. The fourth-order valence-electron chi connectivity index (χ4n) is 2.46. The average Bonchev–Trinajstić information content (AvgIpc) is 2.79. The van der Waals surface area contributed by atoms with E-state index in [0.29, 0.717) is 16.6 Å². The first-order valence-corrected chi connectivity index (χ1v) is 7.14. The summed E-state index contributed by atoms with van der Waals surface area (Å²) >= 11 is 12.1. The molecule has 1 aromatic rings. The molecule has 1 aliphatic rings. The van der Waals surface area contributed by atoms with Crippen molar-refractivity contribution in [2.24, 2.45) is 0 Å². The zero-order valence-corrected chi connectivity index (χ0v) is 12.7. The molecule has 0 unspecified atom stereocenters. The predicted octanol–water partition coefficient (Wildman–Crippen LogP) is 3.05. The number of rotatable bonds is 3. The Kier molecular flexibility index (Phi) is 4.71. The van der Waals surface area contributed by atoms with E-state index in [4.69, 9.17) is 23.2 Å². The van der Waals surface area contributed by atoms with Gasteiger partial charge in [-0.1, -0.05) is 29.3 Å². The lowest BCUT2D eigenvalue weighted by molar-refractivity contribution is -0.133. The summed E-state index contributed by atoms with van der Waals surface area (Å²) in [6.45, 7) is 1.63. The zero-order chi connectivity index (χ0) is 14.0. The molecule has 2 rings (SSSR count). The van der Waals surface area contributed by atoms with Crippen molar-refractivity contribution in [3.8, 4) is 0 Å². The highest BCUT2D eigenvalue weighted by Crippen LogP contribution is 2.26. The van der Waals surface area contributed by atoms with Gasteiger partial charge in [-0.3, -0.25) is 9.69 Å². The van der Waals surface area contributed by atoms with Crippen LogP contribution in [0.15, 0.2) is 18.2 Å². The van der Waals surface area contributed by atoms with Gasteiger partial charge in [0, 0.05) is 30.7 Å². The number of likely N-dealkylation sites (N-methyl/N-ethyl adjacent to an activating group) is 1. The third-order valence-corrected chi connectivity index (χ3v) is 4.06. The van der Waals surface area contributed by atoms with Gasteiger partial charge in [-0.15, -0.1) is 0 Å². The Morgan fingerprint density at radius 2 is 2.16 bits per heavy atom. The fraction of sp³-hybridized carbons (Fsp3) is 0.500. The Morgan fingerprint density at radius 1 is 1.42 bits per heavy atom. The van der Waals surface area contributed by atoms with Gasteiger partial charge >= 0.3 is 0 Å². The maximum atomic E-state index is 12.1. The lowest BCUT2D eigenvalue weighted by atomic mass is 10.1. The van der Waals surface area contributed by atoms with Gasteiger partial charge in [0.05, 0.1) is 6.04 Å². The minimum atomic E-state index is -0.0262. The first-order chi connectivity index (χ1) is 8.99. The molecule has 1 saturated heterocycles. The second-order valence-electron chi connectivity index (χ2n) is 5.10. The second-order valence-corrected chi connectivity index (χ2v) is 5.94. The first kappa shape index (κ1) is 14.6. The summed E-state index contributed by atoms with van der Waals surface area (Å²) in [6.07, 6.45) is 1.97. The van der Waals surface area contributed by atoms with E-state index >= 15 is 0 Å². The molecular formula is C14H18Cl2N2O. The minimum absolute atomic E-state index is 0.0262.